The fraction of sp³-hybridized carbons (Fsp3) is 0.550. The molecule has 0 bridgehead atoms. The smallest absolute Gasteiger partial charge is 0.273 e. The second kappa shape index (κ2) is 8.19. The number of morpholine rings is 1. The Labute approximate surface area is 171 Å². The second-order valence-electron chi connectivity index (χ2n) is 8.06. The molecule has 1 amide bonds. The lowest BCUT2D eigenvalue weighted by molar-refractivity contribution is -0.0948. The van der Waals surface area contributed by atoms with Crippen LogP contribution >= 0.6 is 11.6 Å². The molecule has 1 fully saturated rings. The first kappa shape index (κ1) is 20.8. The zero-order valence-electron chi connectivity index (χ0n) is 17.1. The number of carbonyl (C=O) groups excluding carboxylic acids is 1. The van der Waals surface area contributed by atoms with Gasteiger partial charge in [0.05, 0.1) is 23.6 Å². The van der Waals surface area contributed by atoms with Gasteiger partial charge in [-0.3, -0.25) is 9.69 Å². The number of halogens is 1. The molecule has 28 heavy (non-hydrogen) atoms. The van der Waals surface area contributed by atoms with Gasteiger partial charge in [0, 0.05) is 30.2 Å². The Kier molecular flexibility index (Phi) is 6.07. The maximum absolute atomic E-state index is 12.7. The minimum atomic E-state index is -0.229. The van der Waals surface area contributed by atoms with Crippen LogP contribution in [0.3, 0.4) is 0 Å². The van der Waals surface area contributed by atoms with Gasteiger partial charge >= 0.3 is 0 Å². The SMILES string of the molecule is Cc1nn(-c2cccc(Cl)c2)nc1C(=O)NCC(C)(C)N1CC(C)OC(C)C1. The molecule has 2 aromatic rings. The van der Waals surface area contributed by atoms with Gasteiger partial charge in [-0.15, -0.1) is 5.10 Å². The molecule has 2 heterocycles. The molecule has 1 saturated heterocycles. The number of nitrogens with one attached hydrogen (secondary N) is 1. The molecule has 2 atom stereocenters. The molecule has 152 valence electrons. The third-order valence-corrected chi connectivity index (χ3v) is 5.23. The predicted molar refractivity (Wildman–Crippen MR) is 109 cm³/mol. The summed E-state index contributed by atoms with van der Waals surface area (Å²) in [5.41, 5.74) is 1.41. The van der Waals surface area contributed by atoms with Crippen molar-refractivity contribution in [1.82, 2.24) is 25.2 Å². The van der Waals surface area contributed by atoms with Crippen LogP contribution in [0.2, 0.25) is 5.02 Å². The zero-order chi connectivity index (χ0) is 20.5. The molecule has 1 aromatic carbocycles. The number of hydrogen-bond donors (Lipinski definition) is 1. The average molecular weight is 406 g/mol. The van der Waals surface area contributed by atoms with Crippen LogP contribution in [0.4, 0.5) is 0 Å². The summed E-state index contributed by atoms with van der Waals surface area (Å²) in [4.78, 5) is 16.5. The maximum atomic E-state index is 12.7. The fourth-order valence-electron chi connectivity index (χ4n) is 3.47. The number of ether oxygens (including phenoxy) is 1. The Balaban J connectivity index is 1.68. The van der Waals surface area contributed by atoms with E-state index in [1.807, 2.05) is 12.1 Å². The predicted octanol–water partition coefficient (Wildman–Crippen LogP) is 2.85. The van der Waals surface area contributed by atoms with E-state index < -0.39 is 0 Å². The van der Waals surface area contributed by atoms with E-state index in [9.17, 15) is 4.79 Å². The van der Waals surface area contributed by atoms with Crippen molar-refractivity contribution in [3.63, 3.8) is 0 Å². The molecule has 0 saturated carbocycles. The van der Waals surface area contributed by atoms with E-state index in [1.54, 1.807) is 19.1 Å². The minimum Gasteiger partial charge on any atom is -0.373 e. The van der Waals surface area contributed by atoms with Crippen molar-refractivity contribution < 1.29 is 9.53 Å². The van der Waals surface area contributed by atoms with Gasteiger partial charge in [-0.05, 0) is 52.8 Å². The first-order valence-corrected chi connectivity index (χ1v) is 9.92. The monoisotopic (exact) mass is 405 g/mol. The van der Waals surface area contributed by atoms with Crippen LogP contribution in [-0.4, -0.2) is 63.2 Å². The second-order valence-corrected chi connectivity index (χ2v) is 8.50. The van der Waals surface area contributed by atoms with E-state index >= 15 is 0 Å². The number of amides is 1. The normalized spacial score (nSPS) is 20.9. The number of benzene rings is 1. The Morgan fingerprint density at radius 2 is 1.96 bits per heavy atom. The van der Waals surface area contributed by atoms with Gasteiger partial charge in [0.25, 0.3) is 5.91 Å². The van der Waals surface area contributed by atoms with Crippen LogP contribution in [-0.2, 0) is 4.74 Å². The van der Waals surface area contributed by atoms with E-state index in [0.29, 0.717) is 28.6 Å². The average Bonchev–Trinajstić information content (AvgIpc) is 3.01. The standard InChI is InChI=1S/C20H28ClN5O2/c1-13-10-25(11-14(2)28-13)20(4,5)12-22-19(27)18-15(3)23-26(24-18)17-8-6-7-16(21)9-17/h6-9,13-14H,10-12H2,1-5H3,(H,22,27). The van der Waals surface area contributed by atoms with Crippen molar-refractivity contribution in [3.05, 3.63) is 40.7 Å². The molecular formula is C20H28ClN5O2. The number of aryl methyl sites for hydroxylation is 1. The van der Waals surface area contributed by atoms with Gasteiger partial charge in [0.15, 0.2) is 5.69 Å². The van der Waals surface area contributed by atoms with Crippen molar-refractivity contribution in [2.45, 2.75) is 52.4 Å². The highest BCUT2D eigenvalue weighted by Gasteiger charge is 2.33. The van der Waals surface area contributed by atoms with Crippen molar-refractivity contribution in [1.29, 1.82) is 0 Å². The third-order valence-electron chi connectivity index (χ3n) is 4.99. The molecule has 3 rings (SSSR count). The van der Waals surface area contributed by atoms with Crippen LogP contribution in [0.5, 0.6) is 0 Å². The molecular weight excluding hydrogens is 378 g/mol. The molecule has 0 aliphatic carbocycles. The summed E-state index contributed by atoms with van der Waals surface area (Å²) >= 11 is 6.04. The highest BCUT2D eigenvalue weighted by molar-refractivity contribution is 6.30. The number of carbonyl (C=O) groups is 1. The van der Waals surface area contributed by atoms with E-state index in [0.717, 1.165) is 13.1 Å². The molecule has 7 nitrogen and oxygen atoms in total. The van der Waals surface area contributed by atoms with Crippen molar-refractivity contribution >= 4 is 17.5 Å². The van der Waals surface area contributed by atoms with Gasteiger partial charge in [-0.25, -0.2) is 0 Å². The van der Waals surface area contributed by atoms with Crippen LogP contribution in [0.15, 0.2) is 24.3 Å². The van der Waals surface area contributed by atoms with Gasteiger partial charge in [0.2, 0.25) is 0 Å². The molecule has 1 N–H and O–H groups in total. The molecule has 0 spiro atoms. The summed E-state index contributed by atoms with van der Waals surface area (Å²) < 4.78 is 5.82. The molecule has 1 aromatic heterocycles. The van der Waals surface area contributed by atoms with E-state index in [2.05, 4.69) is 48.1 Å². The van der Waals surface area contributed by atoms with Gasteiger partial charge < -0.3 is 10.1 Å². The first-order valence-electron chi connectivity index (χ1n) is 9.54. The summed E-state index contributed by atoms with van der Waals surface area (Å²) in [6, 6.07) is 7.21. The van der Waals surface area contributed by atoms with E-state index in [4.69, 9.17) is 16.3 Å². The Bertz CT molecular complexity index is 841. The maximum Gasteiger partial charge on any atom is 0.273 e. The first-order chi connectivity index (χ1) is 13.2. The molecule has 1 aliphatic heterocycles. The molecule has 2 unspecified atom stereocenters. The number of nitrogens with zero attached hydrogens (tertiary/aromatic N) is 4. The minimum absolute atomic E-state index is 0.179. The van der Waals surface area contributed by atoms with Crippen molar-refractivity contribution in [2.24, 2.45) is 0 Å². The number of hydrogen-bond acceptors (Lipinski definition) is 5. The summed E-state index contributed by atoms with van der Waals surface area (Å²) in [6.45, 7) is 12.4. The van der Waals surface area contributed by atoms with E-state index in [-0.39, 0.29) is 23.7 Å². The highest BCUT2D eigenvalue weighted by Crippen LogP contribution is 2.21. The van der Waals surface area contributed by atoms with Crippen molar-refractivity contribution in [3.8, 4) is 5.69 Å². The number of aromatic nitrogens is 3. The summed E-state index contributed by atoms with van der Waals surface area (Å²) in [5.74, 6) is -0.229. The Morgan fingerprint density at radius 1 is 1.29 bits per heavy atom. The largest absolute Gasteiger partial charge is 0.373 e. The molecule has 0 radical (unpaired) electrons. The topological polar surface area (TPSA) is 72.3 Å². The van der Waals surface area contributed by atoms with Crippen LogP contribution in [0.25, 0.3) is 5.69 Å². The van der Waals surface area contributed by atoms with Crippen LogP contribution in [0.1, 0.15) is 43.9 Å². The lowest BCUT2D eigenvalue weighted by Crippen LogP contribution is -2.58. The van der Waals surface area contributed by atoms with E-state index in [1.165, 1.54) is 4.80 Å². The summed E-state index contributed by atoms with van der Waals surface area (Å²) in [7, 11) is 0. The summed E-state index contributed by atoms with van der Waals surface area (Å²) in [5, 5.41) is 12.3. The third kappa shape index (κ3) is 4.71. The van der Waals surface area contributed by atoms with Gasteiger partial charge in [-0.2, -0.15) is 9.90 Å². The highest BCUT2D eigenvalue weighted by atomic mass is 35.5. The lowest BCUT2D eigenvalue weighted by Gasteiger charge is -2.45. The lowest BCUT2D eigenvalue weighted by atomic mass is 10.00. The van der Waals surface area contributed by atoms with Crippen molar-refractivity contribution in [2.75, 3.05) is 19.6 Å². The van der Waals surface area contributed by atoms with Gasteiger partial charge in [0.1, 0.15) is 0 Å². The summed E-state index contributed by atoms with van der Waals surface area (Å²) in [6.07, 6.45) is 0.358. The fourth-order valence-corrected chi connectivity index (χ4v) is 3.65. The molecule has 1 aliphatic rings. The quantitative estimate of drug-likeness (QED) is 0.828. The number of rotatable bonds is 5. The molecule has 8 heteroatoms. The zero-order valence-corrected chi connectivity index (χ0v) is 17.8. The van der Waals surface area contributed by atoms with Crippen LogP contribution in [0, 0.1) is 6.92 Å². The van der Waals surface area contributed by atoms with Crippen LogP contribution < -0.4 is 5.32 Å². The van der Waals surface area contributed by atoms with Gasteiger partial charge in [-0.1, -0.05) is 17.7 Å². The Morgan fingerprint density at radius 3 is 2.61 bits per heavy atom. The Hall–Kier alpha value is -1.96.